The van der Waals surface area contributed by atoms with E-state index in [1.54, 1.807) is 5.57 Å². The Bertz CT molecular complexity index is 1100. The highest BCUT2D eigenvalue weighted by Gasteiger charge is 2.64. The van der Waals surface area contributed by atoms with Gasteiger partial charge in [-0.05, 0) is 136 Å². The lowest BCUT2D eigenvalue weighted by Gasteiger charge is -2.58. The van der Waals surface area contributed by atoms with Gasteiger partial charge in [-0.2, -0.15) is 0 Å². The summed E-state index contributed by atoms with van der Waals surface area (Å²) in [7, 11) is 4.36. The van der Waals surface area contributed by atoms with E-state index < -0.39 is 0 Å². The molecule has 6 heteroatoms. The molecule has 3 saturated carbocycles. The van der Waals surface area contributed by atoms with Crippen LogP contribution in [-0.2, 0) is 4.79 Å². The van der Waals surface area contributed by atoms with Gasteiger partial charge in [0.15, 0.2) is 0 Å². The molecule has 208 valence electrons. The number of halogens is 2. The van der Waals surface area contributed by atoms with E-state index in [4.69, 9.17) is 11.6 Å². The maximum Gasteiger partial charge on any atom is 0.253 e. The zero-order valence-electron chi connectivity index (χ0n) is 23.7. The molecule has 8 atom stereocenters. The van der Waals surface area contributed by atoms with Crippen molar-refractivity contribution in [3.05, 3.63) is 46.5 Å². The molecule has 0 N–H and O–H groups in total. The first-order valence-electron chi connectivity index (χ1n) is 14.6. The number of amides is 1. The Morgan fingerprint density at radius 2 is 1.68 bits per heavy atom. The topological polar surface area (TPSA) is 40.6 Å². The van der Waals surface area contributed by atoms with Gasteiger partial charge >= 0.3 is 0 Å². The summed E-state index contributed by atoms with van der Waals surface area (Å²) >= 11 is 10.7. The zero-order chi connectivity index (χ0) is 27.4. The van der Waals surface area contributed by atoms with Crippen molar-refractivity contribution in [2.24, 2.45) is 34.5 Å². The van der Waals surface area contributed by atoms with Gasteiger partial charge in [0.25, 0.3) is 5.91 Å². The molecular weight excluding hydrogens is 515 g/mol. The van der Waals surface area contributed by atoms with Crippen molar-refractivity contribution in [2.45, 2.75) is 84.2 Å². The van der Waals surface area contributed by atoms with Crippen LogP contribution in [-0.4, -0.2) is 53.7 Å². The molecule has 6 rings (SSSR count). The molecule has 38 heavy (non-hydrogen) atoms. The Morgan fingerprint density at radius 3 is 2.37 bits per heavy atom. The normalized spacial score (nSPS) is 39.5. The first-order valence-corrected chi connectivity index (χ1v) is 15.3. The molecule has 1 saturated heterocycles. The second-order valence-electron chi connectivity index (χ2n) is 13.2. The standard InChI is InChI=1S/C30H41ClN2O.C2H3ClO/c1-19-25-11-12-27-24-10-7-21-17-23(33(4)28(34)20-5-8-22(31)9-6-20)13-15-29(21,2)26(24)14-16-30(25,27)18-32(19)3;1-2(3)4/h5-9,19,23-27H,10-18H2,1-4H3;1H3. The number of allylic oxidation sites excluding steroid dienone is 1. The van der Waals surface area contributed by atoms with Gasteiger partial charge < -0.3 is 9.80 Å². The van der Waals surface area contributed by atoms with Crippen molar-refractivity contribution in [1.29, 1.82) is 0 Å². The third-order valence-corrected chi connectivity index (χ3v) is 11.9. The van der Waals surface area contributed by atoms with Crippen LogP contribution in [0.4, 0.5) is 0 Å². The maximum atomic E-state index is 13.2. The van der Waals surface area contributed by atoms with Crippen molar-refractivity contribution in [1.82, 2.24) is 9.80 Å². The number of fused-ring (bicyclic) bond motifs is 4. The van der Waals surface area contributed by atoms with Crippen molar-refractivity contribution >= 4 is 34.4 Å². The van der Waals surface area contributed by atoms with Crippen LogP contribution in [0.1, 0.15) is 82.5 Å². The number of nitrogens with zero attached hydrogens (tertiary/aromatic N) is 2. The lowest BCUT2D eigenvalue weighted by molar-refractivity contribution is -0.109. The molecule has 1 aromatic carbocycles. The number of hydrogen-bond acceptors (Lipinski definition) is 3. The summed E-state index contributed by atoms with van der Waals surface area (Å²) in [6.07, 6.45) is 13.1. The van der Waals surface area contributed by atoms with E-state index in [0.29, 0.717) is 21.9 Å². The van der Waals surface area contributed by atoms with Crippen molar-refractivity contribution in [2.75, 3.05) is 20.6 Å². The predicted molar refractivity (Wildman–Crippen MR) is 155 cm³/mol. The molecule has 5 aliphatic rings. The van der Waals surface area contributed by atoms with Crippen LogP contribution in [0.3, 0.4) is 0 Å². The fourth-order valence-corrected chi connectivity index (χ4v) is 9.86. The Morgan fingerprint density at radius 1 is 1.03 bits per heavy atom. The van der Waals surface area contributed by atoms with Gasteiger partial charge in [0.2, 0.25) is 5.24 Å². The van der Waals surface area contributed by atoms with Gasteiger partial charge in [-0.3, -0.25) is 9.59 Å². The molecule has 0 bridgehead atoms. The van der Waals surface area contributed by atoms with Gasteiger partial charge in [-0.1, -0.05) is 30.2 Å². The molecule has 1 heterocycles. The second kappa shape index (κ2) is 10.6. The van der Waals surface area contributed by atoms with Gasteiger partial charge in [-0.25, -0.2) is 0 Å². The van der Waals surface area contributed by atoms with E-state index in [0.717, 1.165) is 48.1 Å². The molecule has 0 aromatic heterocycles. The summed E-state index contributed by atoms with van der Waals surface area (Å²) in [5.74, 6) is 3.67. The van der Waals surface area contributed by atoms with Crippen LogP contribution < -0.4 is 0 Å². The number of likely N-dealkylation sites (tertiary alicyclic amines) is 1. The monoisotopic (exact) mass is 558 g/mol. The number of hydrogen-bond donors (Lipinski definition) is 0. The van der Waals surface area contributed by atoms with Crippen molar-refractivity contribution in [3.63, 3.8) is 0 Å². The quantitative estimate of drug-likeness (QED) is 0.279. The highest BCUT2D eigenvalue weighted by atomic mass is 35.5. The molecule has 4 fully saturated rings. The Hall–Kier alpha value is -1.36. The highest BCUT2D eigenvalue weighted by Crippen LogP contribution is 2.68. The summed E-state index contributed by atoms with van der Waals surface area (Å²) in [6.45, 7) is 7.69. The molecule has 1 aliphatic heterocycles. The lowest BCUT2D eigenvalue weighted by Crippen LogP contribution is -2.53. The van der Waals surface area contributed by atoms with Crippen LogP contribution >= 0.6 is 23.2 Å². The summed E-state index contributed by atoms with van der Waals surface area (Å²) in [5.41, 5.74) is 3.32. The summed E-state index contributed by atoms with van der Waals surface area (Å²) in [6, 6.07) is 8.40. The first-order chi connectivity index (χ1) is 18.0. The molecule has 4 nitrogen and oxygen atoms in total. The molecule has 4 aliphatic carbocycles. The van der Waals surface area contributed by atoms with E-state index in [1.165, 1.54) is 52.0 Å². The predicted octanol–water partition coefficient (Wildman–Crippen LogP) is 7.45. The van der Waals surface area contributed by atoms with Crippen LogP contribution in [0.15, 0.2) is 35.9 Å². The van der Waals surface area contributed by atoms with Crippen LogP contribution in [0.2, 0.25) is 5.02 Å². The molecular formula is C32H44Cl2N2O2. The molecule has 0 radical (unpaired) electrons. The SMILES string of the molecule is CC(=O)Cl.CC1C2CCC3C4CC=C5CC(N(C)C(=O)c6ccc(Cl)cc6)CCC5(C)C4CCC32CN1C. The maximum absolute atomic E-state index is 13.2. The van der Waals surface area contributed by atoms with Crippen LogP contribution in [0, 0.1) is 34.5 Å². The third kappa shape index (κ3) is 4.67. The van der Waals surface area contributed by atoms with E-state index in [9.17, 15) is 9.59 Å². The number of carbonyl (C=O) groups is 2. The zero-order valence-corrected chi connectivity index (χ0v) is 25.2. The first kappa shape index (κ1) is 28.2. The fourth-order valence-electron chi connectivity index (χ4n) is 9.74. The van der Waals surface area contributed by atoms with E-state index >= 15 is 0 Å². The van der Waals surface area contributed by atoms with Gasteiger partial charge in [0.1, 0.15) is 0 Å². The Labute approximate surface area is 239 Å². The minimum Gasteiger partial charge on any atom is -0.338 e. The Kier molecular flexibility index (Phi) is 7.83. The summed E-state index contributed by atoms with van der Waals surface area (Å²) in [4.78, 5) is 27.0. The third-order valence-electron chi connectivity index (χ3n) is 11.6. The molecule has 1 spiro atoms. The van der Waals surface area contributed by atoms with Gasteiger partial charge in [-0.15, -0.1) is 0 Å². The fraction of sp³-hybridized carbons (Fsp3) is 0.688. The highest BCUT2D eigenvalue weighted by molar-refractivity contribution is 6.62. The van der Waals surface area contributed by atoms with Gasteiger partial charge in [0.05, 0.1) is 0 Å². The average molecular weight is 560 g/mol. The number of rotatable bonds is 2. The van der Waals surface area contributed by atoms with Crippen molar-refractivity contribution < 1.29 is 9.59 Å². The number of benzene rings is 1. The molecule has 8 unspecified atom stereocenters. The van der Waals surface area contributed by atoms with Crippen LogP contribution in [0.5, 0.6) is 0 Å². The minimum atomic E-state index is -0.361. The van der Waals surface area contributed by atoms with E-state index in [1.807, 2.05) is 36.2 Å². The largest absolute Gasteiger partial charge is 0.338 e. The van der Waals surface area contributed by atoms with E-state index in [2.05, 4.69) is 43.5 Å². The second-order valence-corrected chi connectivity index (χ2v) is 14.1. The van der Waals surface area contributed by atoms with Gasteiger partial charge in [0, 0.05) is 43.2 Å². The van der Waals surface area contributed by atoms with Crippen molar-refractivity contribution in [3.8, 4) is 0 Å². The Balaban J connectivity index is 0.000000689. The number of carbonyl (C=O) groups excluding carboxylic acids is 2. The average Bonchev–Trinajstić information content (AvgIpc) is 3.36. The lowest BCUT2D eigenvalue weighted by atomic mass is 9.47. The van der Waals surface area contributed by atoms with Crippen LogP contribution in [0.25, 0.3) is 0 Å². The summed E-state index contributed by atoms with van der Waals surface area (Å²) < 4.78 is 0. The smallest absolute Gasteiger partial charge is 0.253 e. The molecule has 1 aromatic rings. The minimum absolute atomic E-state index is 0.121. The summed E-state index contributed by atoms with van der Waals surface area (Å²) in [5, 5.41) is 0.316. The van der Waals surface area contributed by atoms with E-state index in [-0.39, 0.29) is 11.1 Å². The molecule has 1 amide bonds.